The number of fused-ring (bicyclic) bond motifs is 2. The fraction of sp³-hybridized carbons (Fsp3) is 0.250. The van der Waals surface area contributed by atoms with Crippen LogP contribution in [0.1, 0.15) is 16.7 Å². The van der Waals surface area contributed by atoms with Crippen LogP contribution < -0.4 is 10.6 Å². The van der Waals surface area contributed by atoms with Crippen LogP contribution in [0.3, 0.4) is 0 Å². The molecule has 0 amide bonds. The molecule has 0 aliphatic carbocycles. The SMILES string of the molecule is CN=C(NCCc1c[nH]c2cc(C)ccc12)NCCc1cccc2cccnc12. The molecule has 2 heterocycles. The Labute approximate surface area is 171 Å². The molecule has 0 saturated carbocycles. The number of hydrogen-bond acceptors (Lipinski definition) is 2. The van der Waals surface area contributed by atoms with E-state index >= 15 is 0 Å². The summed E-state index contributed by atoms with van der Waals surface area (Å²) in [5.74, 6) is 0.828. The second kappa shape index (κ2) is 8.78. The number of H-pyrrole nitrogens is 1. The Balaban J connectivity index is 1.29. The fourth-order valence-electron chi connectivity index (χ4n) is 3.73. The number of aryl methyl sites for hydroxylation is 1. The number of nitrogens with one attached hydrogen (secondary N) is 3. The van der Waals surface area contributed by atoms with Gasteiger partial charge < -0.3 is 15.6 Å². The monoisotopic (exact) mass is 385 g/mol. The van der Waals surface area contributed by atoms with E-state index in [1.165, 1.54) is 33.0 Å². The Morgan fingerprint density at radius 2 is 1.79 bits per heavy atom. The summed E-state index contributed by atoms with van der Waals surface area (Å²) in [5, 5.41) is 9.30. The topological polar surface area (TPSA) is 65.1 Å². The molecule has 3 N–H and O–H groups in total. The van der Waals surface area contributed by atoms with Gasteiger partial charge in [-0.15, -0.1) is 0 Å². The van der Waals surface area contributed by atoms with Crippen LogP contribution in [-0.2, 0) is 12.8 Å². The largest absolute Gasteiger partial charge is 0.361 e. The molecule has 0 saturated heterocycles. The van der Waals surface area contributed by atoms with Crippen LogP contribution in [0.4, 0.5) is 0 Å². The first kappa shape index (κ1) is 19.0. The molecule has 2 aromatic heterocycles. The quantitative estimate of drug-likeness (QED) is 0.347. The van der Waals surface area contributed by atoms with Gasteiger partial charge in [-0.3, -0.25) is 9.98 Å². The molecule has 0 spiro atoms. The Kier molecular flexibility index (Phi) is 5.75. The van der Waals surface area contributed by atoms with Crippen molar-refractivity contribution in [3.8, 4) is 0 Å². The molecule has 0 radical (unpaired) electrons. The number of rotatable bonds is 6. The van der Waals surface area contributed by atoms with Crippen LogP contribution in [0.15, 0.2) is 65.9 Å². The van der Waals surface area contributed by atoms with Gasteiger partial charge in [-0.25, -0.2) is 0 Å². The highest BCUT2D eigenvalue weighted by Crippen LogP contribution is 2.19. The summed E-state index contributed by atoms with van der Waals surface area (Å²) in [6.45, 7) is 3.75. The third-order valence-corrected chi connectivity index (χ3v) is 5.24. The van der Waals surface area contributed by atoms with Crippen molar-refractivity contribution in [1.29, 1.82) is 0 Å². The number of benzene rings is 2. The zero-order valence-corrected chi connectivity index (χ0v) is 17.0. The summed E-state index contributed by atoms with van der Waals surface area (Å²) in [6, 6.07) is 17.0. The summed E-state index contributed by atoms with van der Waals surface area (Å²) in [4.78, 5) is 12.2. The number of hydrogen-bond donors (Lipinski definition) is 3. The number of aliphatic imine (C=N–C) groups is 1. The smallest absolute Gasteiger partial charge is 0.190 e. The van der Waals surface area contributed by atoms with E-state index in [-0.39, 0.29) is 0 Å². The second-order valence-corrected chi connectivity index (χ2v) is 7.28. The lowest BCUT2D eigenvalue weighted by molar-refractivity contribution is 0.787. The predicted molar refractivity (Wildman–Crippen MR) is 122 cm³/mol. The molecule has 0 atom stereocenters. The minimum absolute atomic E-state index is 0.807. The van der Waals surface area contributed by atoms with Crippen LogP contribution in [-0.4, -0.2) is 36.1 Å². The van der Waals surface area contributed by atoms with E-state index in [2.05, 4.69) is 81.2 Å². The average Bonchev–Trinajstić information content (AvgIpc) is 3.14. The van der Waals surface area contributed by atoms with Gasteiger partial charge in [0.1, 0.15) is 0 Å². The van der Waals surface area contributed by atoms with E-state index in [4.69, 9.17) is 0 Å². The molecule has 0 aliphatic heterocycles. The van der Waals surface area contributed by atoms with E-state index in [1.807, 2.05) is 19.3 Å². The zero-order valence-electron chi connectivity index (χ0n) is 17.0. The van der Waals surface area contributed by atoms with Crippen LogP contribution >= 0.6 is 0 Å². The minimum atomic E-state index is 0.807. The number of nitrogens with zero attached hydrogens (tertiary/aromatic N) is 2. The Morgan fingerprint density at radius 1 is 1.00 bits per heavy atom. The molecule has 5 nitrogen and oxygen atoms in total. The fourth-order valence-corrected chi connectivity index (χ4v) is 3.73. The van der Waals surface area contributed by atoms with E-state index < -0.39 is 0 Å². The van der Waals surface area contributed by atoms with Crippen LogP contribution in [0.2, 0.25) is 0 Å². The summed E-state index contributed by atoms with van der Waals surface area (Å²) in [6.07, 6.45) is 5.80. The van der Waals surface area contributed by atoms with Gasteiger partial charge in [-0.1, -0.05) is 36.4 Å². The summed E-state index contributed by atoms with van der Waals surface area (Å²) >= 11 is 0. The van der Waals surface area contributed by atoms with Gasteiger partial charge >= 0.3 is 0 Å². The number of aromatic amines is 1. The third-order valence-electron chi connectivity index (χ3n) is 5.24. The third kappa shape index (κ3) is 4.40. The van der Waals surface area contributed by atoms with Crippen molar-refractivity contribution in [2.24, 2.45) is 4.99 Å². The van der Waals surface area contributed by atoms with Gasteiger partial charge in [-0.2, -0.15) is 0 Å². The zero-order chi connectivity index (χ0) is 20.1. The maximum Gasteiger partial charge on any atom is 0.190 e. The van der Waals surface area contributed by atoms with Gasteiger partial charge in [0, 0.05) is 48.8 Å². The van der Waals surface area contributed by atoms with Crippen molar-refractivity contribution < 1.29 is 0 Å². The van der Waals surface area contributed by atoms with Crippen molar-refractivity contribution >= 4 is 27.8 Å². The first-order valence-electron chi connectivity index (χ1n) is 10.1. The number of guanidine groups is 1. The number of aromatic nitrogens is 2. The number of para-hydroxylation sites is 1. The van der Waals surface area contributed by atoms with Crippen molar-refractivity contribution in [2.75, 3.05) is 20.1 Å². The molecule has 5 heteroatoms. The van der Waals surface area contributed by atoms with Crippen LogP contribution in [0.5, 0.6) is 0 Å². The van der Waals surface area contributed by atoms with Crippen molar-refractivity contribution in [2.45, 2.75) is 19.8 Å². The van der Waals surface area contributed by atoms with Gasteiger partial charge in [0.25, 0.3) is 0 Å². The predicted octanol–water partition coefficient (Wildman–Crippen LogP) is 3.97. The van der Waals surface area contributed by atoms with Crippen molar-refractivity contribution in [3.05, 3.63) is 77.6 Å². The standard InChI is InChI=1S/C24H27N5/c1-17-8-9-21-20(16-29-22(21)15-17)11-14-28-24(25-2)27-13-10-19-6-3-5-18-7-4-12-26-23(18)19/h3-9,12,15-16,29H,10-11,13-14H2,1-2H3,(H2,25,27,28). The summed E-state index contributed by atoms with van der Waals surface area (Å²) in [5.41, 5.74) is 6.13. The first-order chi connectivity index (χ1) is 14.2. The highest BCUT2D eigenvalue weighted by atomic mass is 15.2. The highest BCUT2D eigenvalue weighted by Gasteiger charge is 2.05. The maximum absolute atomic E-state index is 4.53. The minimum Gasteiger partial charge on any atom is -0.361 e. The Morgan fingerprint density at radius 3 is 2.62 bits per heavy atom. The van der Waals surface area contributed by atoms with Crippen molar-refractivity contribution in [1.82, 2.24) is 20.6 Å². The molecule has 0 aliphatic rings. The lowest BCUT2D eigenvalue weighted by Gasteiger charge is -2.12. The average molecular weight is 386 g/mol. The van der Waals surface area contributed by atoms with Gasteiger partial charge in [-0.05, 0) is 48.6 Å². The molecule has 29 heavy (non-hydrogen) atoms. The van der Waals surface area contributed by atoms with Gasteiger partial charge in [0.2, 0.25) is 0 Å². The Bertz CT molecular complexity index is 1140. The van der Waals surface area contributed by atoms with E-state index in [0.29, 0.717) is 0 Å². The molecule has 148 valence electrons. The molecule has 0 bridgehead atoms. The molecular formula is C24H27N5. The molecule has 0 fully saturated rings. The van der Waals surface area contributed by atoms with E-state index in [9.17, 15) is 0 Å². The number of pyridine rings is 1. The molecule has 2 aromatic carbocycles. The van der Waals surface area contributed by atoms with Crippen LogP contribution in [0, 0.1) is 6.92 Å². The van der Waals surface area contributed by atoms with Crippen molar-refractivity contribution in [3.63, 3.8) is 0 Å². The molecule has 4 aromatic rings. The van der Waals surface area contributed by atoms with Gasteiger partial charge in [0.05, 0.1) is 5.52 Å². The molecule has 4 rings (SSSR count). The van der Waals surface area contributed by atoms with Gasteiger partial charge in [0.15, 0.2) is 5.96 Å². The van der Waals surface area contributed by atoms with Crippen LogP contribution in [0.25, 0.3) is 21.8 Å². The normalized spacial score (nSPS) is 11.9. The Hall–Kier alpha value is -3.34. The second-order valence-electron chi connectivity index (χ2n) is 7.28. The summed E-state index contributed by atoms with van der Waals surface area (Å²) in [7, 11) is 1.81. The van der Waals surface area contributed by atoms with E-state index in [1.54, 1.807) is 0 Å². The molecular weight excluding hydrogens is 358 g/mol. The lowest BCUT2D eigenvalue weighted by Crippen LogP contribution is -2.39. The highest BCUT2D eigenvalue weighted by molar-refractivity contribution is 5.84. The lowest BCUT2D eigenvalue weighted by atomic mass is 10.1. The van der Waals surface area contributed by atoms with E-state index in [0.717, 1.165) is 37.4 Å². The molecule has 0 unspecified atom stereocenters. The first-order valence-corrected chi connectivity index (χ1v) is 10.1. The maximum atomic E-state index is 4.53. The summed E-state index contributed by atoms with van der Waals surface area (Å²) < 4.78 is 0.